The van der Waals surface area contributed by atoms with Gasteiger partial charge in [-0.2, -0.15) is 0 Å². The summed E-state index contributed by atoms with van der Waals surface area (Å²) in [4.78, 5) is 12.9. The molecule has 22 heavy (non-hydrogen) atoms. The Morgan fingerprint density at radius 1 is 1.32 bits per heavy atom. The molecule has 4 nitrogen and oxygen atoms in total. The van der Waals surface area contributed by atoms with E-state index in [4.69, 9.17) is 10.5 Å². The third-order valence-corrected chi connectivity index (χ3v) is 4.39. The van der Waals surface area contributed by atoms with E-state index in [0.29, 0.717) is 13.0 Å². The minimum absolute atomic E-state index is 0.0822. The molecule has 1 aromatic heterocycles. The summed E-state index contributed by atoms with van der Waals surface area (Å²) < 4.78 is 5.16. The SMILES string of the molecule is CCCC(N)C(=O)NCc1cc(-c2ccc(OC)cc2)cs1. The predicted molar refractivity (Wildman–Crippen MR) is 91.0 cm³/mol. The number of benzene rings is 1. The lowest BCUT2D eigenvalue weighted by Gasteiger charge is -2.10. The first-order chi connectivity index (χ1) is 10.6. The molecule has 5 heteroatoms. The van der Waals surface area contributed by atoms with Crippen LogP contribution in [-0.2, 0) is 11.3 Å². The number of hydrogen-bond donors (Lipinski definition) is 2. The molecule has 0 aliphatic heterocycles. The minimum atomic E-state index is -0.411. The molecule has 0 aliphatic carbocycles. The maximum atomic E-state index is 11.8. The van der Waals surface area contributed by atoms with Crippen LogP contribution in [0.25, 0.3) is 11.1 Å². The van der Waals surface area contributed by atoms with Crippen LogP contribution in [0.5, 0.6) is 5.75 Å². The van der Waals surface area contributed by atoms with Gasteiger partial charge in [0.15, 0.2) is 0 Å². The Morgan fingerprint density at radius 2 is 2.05 bits per heavy atom. The molecule has 3 N–H and O–H groups in total. The van der Waals surface area contributed by atoms with Crippen molar-refractivity contribution in [3.63, 3.8) is 0 Å². The zero-order valence-corrected chi connectivity index (χ0v) is 13.8. The quantitative estimate of drug-likeness (QED) is 0.824. The number of hydrogen-bond acceptors (Lipinski definition) is 4. The van der Waals surface area contributed by atoms with Crippen molar-refractivity contribution in [3.8, 4) is 16.9 Å². The molecule has 1 amide bonds. The fourth-order valence-electron chi connectivity index (χ4n) is 2.16. The highest BCUT2D eigenvalue weighted by atomic mass is 32.1. The highest BCUT2D eigenvalue weighted by Gasteiger charge is 2.12. The fourth-order valence-corrected chi connectivity index (χ4v) is 2.99. The second-order valence-electron chi connectivity index (χ2n) is 5.14. The molecule has 0 saturated carbocycles. The van der Waals surface area contributed by atoms with Crippen LogP contribution in [0, 0.1) is 0 Å². The first kappa shape index (κ1) is 16.5. The van der Waals surface area contributed by atoms with Gasteiger partial charge in [0, 0.05) is 4.88 Å². The molecule has 0 spiro atoms. The minimum Gasteiger partial charge on any atom is -0.497 e. The van der Waals surface area contributed by atoms with Crippen LogP contribution in [-0.4, -0.2) is 19.1 Å². The molecule has 1 heterocycles. The first-order valence-corrected chi connectivity index (χ1v) is 8.27. The number of amides is 1. The van der Waals surface area contributed by atoms with E-state index in [9.17, 15) is 4.79 Å². The topological polar surface area (TPSA) is 64.4 Å². The van der Waals surface area contributed by atoms with Gasteiger partial charge >= 0.3 is 0 Å². The molecule has 0 radical (unpaired) electrons. The molecule has 2 rings (SSSR count). The Hall–Kier alpha value is -1.85. The summed E-state index contributed by atoms with van der Waals surface area (Å²) in [5.41, 5.74) is 8.08. The summed E-state index contributed by atoms with van der Waals surface area (Å²) in [5, 5.41) is 4.99. The van der Waals surface area contributed by atoms with E-state index in [0.717, 1.165) is 28.2 Å². The number of methoxy groups -OCH3 is 1. The van der Waals surface area contributed by atoms with E-state index < -0.39 is 6.04 Å². The van der Waals surface area contributed by atoms with Crippen molar-refractivity contribution in [1.82, 2.24) is 5.32 Å². The van der Waals surface area contributed by atoms with E-state index in [2.05, 4.69) is 16.8 Å². The highest BCUT2D eigenvalue weighted by molar-refractivity contribution is 7.10. The molecule has 1 aromatic carbocycles. The summed E-state index contributed by atoms with van der Waals surface area (Å²) in [6.07, 6.45) is 1.63. The Kier molecular flexibility index (Phi) is 5.98. The lowest BCUT2D eigenvalue weighted by atomic mass is 10.1. The molecule has 1 unspecified atom stereocenters. The van der Waals surface area contributed by atoms with Gasteiger partial charge in [0.1, 0.15) is 5.75 Å². The van der Waals surface area contributed by atoms with Gasteiger partial charge in [-0.3, -0.25) is 4.79 Å². The fraction of sp³-hybridized carbons (Fsp3) is 0.353. The lowest BCUT2D eigenvalue weighted by Crippen LogP contribution is -2.39. The molecule has 0 aliphatic rings. The summed E-state index contributed by atoms with van der Waals surface area (Å²) >= 11 is 1.63. The van der Waals surface area contributed by atoms with Gasteiger partial charge in [0.05, 0.1) is 19.7 Å². The van der Waals surface area contributed by atoms with E-state index in [1.165, 1.54) is 0 Å². The van der Waals surface area contributed by atoms with Crippen LogP contribution >= 0.6 is 11.3 Å². The smallest absolute Gasteiger partial charge is 0.237 e. The van der Waals surface area contributed by atoms with Crippen molar-refractivity contribution in [1.29, 1.82) is 0 Å². The lowest BCUT2D eigenvalue weighted by molar-refractivity contribution is -0.122. The van der Waals surface area contributed by atoms with E-state index in [1.807, 2.05) is 31.2 Å². The van der Waals surface area contributed by atoms with Gasteiger partial charge < -0.3 is 15.8 Å². The van der Waals surface area contributed by atoms with Crippen molar-refractivity contribution in [2.75, 3.05) is 7.11 Å². The van der Waals surface area contributed by atoms with Gasteiger partial charge in [-0.25, -0.2) is 0 Å². The van der Waals surface area contributed by atoms with Gasteiger partial charge in [0.25, 0.3) is 0 Å². The molecule has 118 valence electrons. The van der Waals surface area contributed by atoms with E-state index in [-0.39, 0.29) is 5.91 Å². The number of rotatable bonds is 7. The molecular weight excluding hydrogens is 296 g/mol. The number of nitrogens with two attached hydrogens (primary N) is 1. The summed E-state index contributed by atoms with van der Waals surface area (Å²) in [7, 11) is 1.66. The number of thiophene rings is 1. The van der Waals surface area contributed by atoms with Gasteiger partial charge in [-0.1, -0.05) is 25.5 Å². The van der Waals surface area contributed by atoms with Crippen LogP contribution in [0.1, 0.15) is 24.6 Å². The molecular formula is C17H22N2O2S. The van der Waals surface area contributed by atoms with Gasteiger partial charge in [-0.05, 0) is 41.1 Å². The normalized spacial score (nSPS) is 12.0. The van der Waals surface area contributed by atoms with E-state index in [1.54, 1.807) is 18.4 Å². The van der Waals surface area contributed by atoms with Crippen LogP contribution < -0.4 is 15.8 Å². The second-order valence-corrected chi connectivity index (χ2v) is 6.14. The third-order valence-electron chi connectivity index (χ3n) is 3.45. The molecule has 0 saturated heterocycles. The zero-order valence-electron chi connectivity index (χ0n) is 13.0. The van der Waals surface area contributed by atoms with Crippen LogP contribution in [0.2, 0.25) is 0 Å². The number of carbonyl (C=O) groups excluding carboxylic acids is 1. The maximum absolute atomic E-state index is 11.8. The number of nitrogens with one attached hydrogen (secondary N) is 1. The molecule has 0 fully saturated rings. The largest absolute Gasteiger partial charge is 0.497 e. The van der Waals surface area contributed by atoms with Crippen molar-refractivity contribution in [2.45, 2.75) is 32.4 Å². The number of carbonyl (C=O) groups is 1. The molecule has 1 atom stereocenters. The molecule has 2 aromatic rings. The van der Waals surface area contributed by atoms with Crippen LogP contribution in [0.4, 0.5) is 0 Å². The van der Waals surface area contributed by atoms with Crippen molar-refractivity contribution >= 4 is 17.2 Å². The van der Waals surface area contributed by atoms with Crippen molar-refractivity contribution in [3.05, 3.63) is 40.6 Å². The zero-order chi connectivity index (χ0) is 15.9. The average Bonchev–Trinajstić information content (AvgIpc) is 3.02. The standard InChI is InChI=1S/C17H22N2O2S/c1-3-4-16(18)17(20)19-10-15-9-13(11-22-15)12-5-7-14(21-2)8-6-12/h5-9,11,16H,3-4,10,18H2,1-2H3,(H,19,20). The Morgan fingerprint density at radius 3 is 2.68 bits per heavy atom. The Bertz CT molecular complexity index is 607. The summed E-state index contributed by atoms with van der Waals surface area (Å²) in [5.74, 6) is 0.762. The van der Waals surface area contributed by atoms with Crippen LogP contribution in [0.3, 0.4) is 0 Å². The van der Waals surface area contributed by atoms with E-state index >= 15 is 0 Å². The third kappa shape index (κ3) is 4.32. The molecule has 0 bridgehead atoms. The Balaban J connectivity index is 1.95. The highest BCUT2D eigenvalue weighted by Crippen LogP contribution is 2.27. The second kappa shape index (κ2) is 7.96. The Labute approximate surface area is 135 Å². The monoisotopic (exact) mass is 318 g/mol. The summed E-state index contributed by atoms with van der Waals surface area (Å²) in [6.45, 7) is 2.55. The van der Waals surface area contributed by atoms with Gasteiger partial charge in [-0.15, -0.1) is 11.3 Å². The summed E-state index contributed by atoms with van der Waals surface area (Å²) in [6, 6.07) is 9.63. The van der Waals surface area contributed by atoms with Crippen molar-refractivity contribution < 1.29 is 9.53 Å². The van der Waals surface area contributed by atoms with Crippen LogP contribution in [0.15, 0.2) is 35.7 Å². The number of ether oxygens (including phenoxy) is 1. The average molecular weight is 318 g/mol. The van der Waals surface area contributed by atoms with Gasteiger partial charge in [0.2, 0.25) is 5.91 Å². The van der Waals surface area contributed by atoms with Crippen molar-refractivity contribution in [2.24, 2.45) is 5.73 Å². The predicted octanol–water partition coefficient (Wildman–Crippen LogP) is 3.17. The first-order valence-electron chi connectivity index (χ1n) is 7.39. The maximum Gasteiger partial charge on any atom is 0.237 e.